The van der Waals surface area contributed by atoms with E-state index in [0.717, 1.165) is 11.8 Å². The molecule has 0 rings (SSSR count). The first-order valence-corrected chi connectivity index (χ1v) is 22.7. The van der Waals surface area contributed by atoms with Crippen LogP contribution in [0.3, 0.4) is 0 Å². The highest BCUT2D eigenvalue weighted by atomic mass is 32.1. The summed E-state index contributed by atoms with van der Waals surface area (Å²) >= 11 is 4.23. The summed E-state index contributed by atoms with van der Waals surface area (Å²) in [4.78, 5) is 0. The van der Waals surface area contributed by atoms with Crippen molar-refractivity contribution in [3.63, 3.8) is 0 Å². The van der Waals surface area contributed by atoms with E-state index in [1.807, 2.05) is 0 Å². The quantitative estimate of drug-likeness (QED) is 0.0387. The molecular formula is C47H96S. The average molecular weight is 693 g/mol. The fourth-order valence-corrected chi connectivity index (χ4v) is 6.35. The summed E-state index contributed by atoms with van der Waals surface area (Å²) in [6.07, 6.45) is 49.7. The topological polar surface area (TPSA) is 0 Å². The summed E-state index contributed by atoms with van der Waals surface area (Å²) in [6.45, 7) is 22.1. The van der Waals surface area contributed by atoms with Gasteiger partial charge in [-0.2, -0.15) is 12.6 Å². The predicted molar refractivity (Wildman–Crippen MR) is 231 cm³/mol. The number of thiol groups is 1. The van der Waals surface area contributed by atoms with E-state index < -0.39 is 0 Å². The largest absolute Gasteiger partial charge is 0.176 e. The minimum Gasteiger partial charge on any atom is -0.176 e. The third-order valence-corrected chi connectivity index (χ3v) is 9.88. The monoisotopic (exact) mass is 693 g/mol. The van der Waals surface area contributed by atoms with E-state index in [1.54, 1.807) is 0 Å². The van der Waals surface area contributed by atoms with Crippen molar-refractivity contribution in [3.8, 4) is 0 Å². The van der Waals surface area contributed by atoms with Crippen LogP contribution in [-0.4, -0.2) is 5.25 Å². The Morgan fingerprint density at radius 3 is 1.19 bits per heavy atom. The zero-order valence-corrected chi connectivity index (χ0v) is 36.1. The van der Waals surface area contributed by atoms with Gasteiger partial charge in [0, 0.05) is 0 Å². The van der Waals surface area contributed by atoms with Gasteiger partial charge < -0.3 is 0 Å². The highest BCUT2D eigenvalue weighted by molar-refractivity contribution is 7.80. The maximum absolute atomic E-state index is 4.23. The second kappa shape index (κ2) is 46.8. The van der Waals surface area contributed by atoms with Crippen LogP contribution in [0.15, 0.2) is 24.3 Å². The van der Waals surface area contributed by atoms with Gasteiger partial charge in [-0.3, -0.25) is 0 Å². The first-order chi connectivity index (χ1) is 23.2. The second-order valence-corrected chi connectivity index (χ2v) is 16.9. The van der Waals surface area contributed by atoms with Crippen molar-refractivity contribution >= 4 is 12.6 Å². The van der Waals surface area contributed by atoms with Gasteiger partial charge in [-0.25, -0.2) is 0 Å². The maximum atomic E-state index is 4.23. The fraction of sp³-hybridized carbons (Fsp3) is 0.915. The summed E-state index contributed by atoms with van der Waals surface area (Å²) in [6, 6.07) is 0. The van der Waals surface area contributed by atoms with E-state index in [-0.39, 0.29) is 0 Å². The van der Waals surface area contributed by atoms with Crippen LogP contribution in [0.2, 0.25) is 0 Å². The number of unbranched alkanes of at least 4 members (excludes halogenated alkanes) is 22. The third-order valence-electron chi connectivity index (χ3n) is 9.62. The second-order valence-electron chi connectivity index (χ2n) is 16.0. The highest BCUT2D eigenvalue weighted by Gasteiger charge is 2.02. The van der Waals surface area contributed by atoms with Crippen LogP contribution >= 0.6 is 12.6 Å². The van der Waals surface area contributed by atoms with Crippen LogP contribution in [0.4, 0.5) is 0 Å². The molecule has 0 heterocycles. The van der Waals surface area contributed by atoms with Gasteiger partial charge >= 0.3 is 0 Å². The lowest BCUT2D eigenvalue weighted by Crippen LogP contribution is -1.95. The Hall–Kier alpha value is -0.170. The number of hydrogen-bond acceptors (Lipinski definition) is 1. The van der Waals surface area contributed by atoms with Crippen LogP contribution in [0.1, 0.15) is 261 Å². The lowest BCUT2D eigenvalue weighted by molar-refractivity contribution is 0.431. The van der Waals surface area contributed by atoms with Crippen molar-refractivity contribution in [1.29, 1.82) is 0 Å². The van der Waals surface area contributed by atoms with Crippen molar-refractivity contribution in [1.82, 2.24) is 0 Å². The summed E-state index contributed by atoms with van der Waals surface area (Å²) in [7, 11) is 0. The molecule has 0 amide bonds. The van der Waals surface area contributed by atoms with Gasteiger partial charge in [-0.15, -0.1) is 6.58 Å². The van der Waals surface area contributed by atoms with Gasteiger partial charge in [-0.1, -0.05) is 227 Å². The minimum absolute atomic E-state index is 0.597. The van der Waals surface area contributed by atoms with Crippen molar-refractivity contribution in [3.05, 3.63) is 24.3 Å². The molecule has 1 heteroatoms. The third kappa shape index (κ3) is 58.1. The molecule has 0 aliphatic carbocycles. The van der Waals surface area contributed by atoms with E-state index in [4.69, 9.17) is 0 Å². The van der Waals surface area contributed by atoms with Gasteiger partial charge in [0.25, 0.3) is 0 Å². The molecular weight excluding hydrogens is 597 g/mol. The molecule has 0 aromatic heterocycles. The van der Waals surface area contributed by atoms with E-state index in [0.29, 0.717) is 5.25 Å². The van der Waals surface area contributed by atoms with E-state index in [9.17, 15) is 0 Å². The Kier molecular flexibility index (Phi) is 50.9. The van der Waals surface area contributed by atoms with Crippen LogP contribution in [0.25, 0.3) is 0 Å². The molecule has 0 N–H and O–H groups in total. The number of hydrogen-bond donors (Lipinski definition) is 1. The molecule has 0 fully saturated rings. The molecule has 290 valence electrons. The molecule has 0 aliphatic heterocycles. The van der Waals surface area contributed by atoms with Crippen LogP contribution < -0.4 is 0 Å². The van der Waals surface area contributed by atoms with Crippen LogP contribution in [0.5, 0.6) is 0 Å². The smallest absolute Gasteiger partial charge is 0.00116 e. The first-order valence-electron chi connectivity index (χ1n) is 22.2. The van der Waals surface area contributed by atoms with E-state index in [2.05, 4.69) is 86.7 Å². The summed E-state index contributed by atoms with van der Waals surface area (Å²) < 4.78 is 0. The van der Waals surface area contributed by atoms with E-state index in [1.165, 1.54) is 211 Å². The lowest BCUT2D eigenvalue weighted by Gasteiger charge is -2.11. The molecule has 2 unspecified atom stereocenters. The molecule has 0 aromatic rings. The zero-order chi connectivity index (χ0) is 36.4. The normalized spacial score (nSPS) is 12.5. The molecule has 0 saturated carbocycles. The summed E-state index contributed by atoms with van der Waals surface area (Å²) in [5.74, 6) is 1.85. The molecule has 0 nitrogen and oxygen atoms in total. The molecule has 0 saturated heterocycles. The minimum atomic E-state index is 0.597. The number of rotatable bonds is 34. The molecule has 0 bridgehead atoms. The SMILES string of the molecule is C=C(C)CCCCCCCC(C)CCCCCCCCCC/C=C\CCCCCC.CCCCC(C)S.CCCCCCCCC(C)C. The molecule has 0 radical (unpaired) electrons. The van der Waals surface area contributed by atoms with Crippen LogP contribution in [0, 0.1) is 11.8 Å². The molecule has 0 aliphatic rings. The first kappa shape index (κ1) is 52.2. The van der Waals surface area contributed by atoms with Crippen molar-refractivity contribution in [2.24, 2.45) is 11.8 Å². The van der Waals surface area contributed by atoms with Crippen molar-refractivity contribution in [2.75, 3.05) is 0 Å². The standard InChI is InChI=1S/C30H58.C11H24.C6H14S/c1-5-6-7-8-9-10-11-12-13-14-15-16-17-18-21-24-27-30(4)28-25-22-19-20-23-26-29(2)3;1-4-5-6-7-8-9-10-11(2)3;1-3-4-5-6(2)7/h10-11,30H,2,5-9,12-28H2,1,3-4H3;11H,4-10H2,1-3H3;6-7H,3-5H2,1-2H3/b11-10-;;. The van der Waals surface area contributed by atoms with Gasteiger partial charge in [-0.05, 0) is 69.0 Å². The summed E-state index contributed by atoms with van der Waals surface area (Å²) in [5.41, 5.74) is 1.35. The summed E-state index contributed by atoms with van der Waals surface area (Å²) in [5, 5.41) is 0.597. The zero-order valence-electron chi connectivity index (χ0n) is 35.2. The number of allylic oxidation sites excluding steroid dienone is 3. The Labute approximate surface area is 313 Å². The van der Waals surface area contributed by atoms with Crippen LogP contribution in [-0.2, 0) is 0 Å². The Morgan fingerprint density at radius 1 is 0.458 bits per heavy atom. The Balaban J connectivity index is -0.000000912. The fourth-order valence-electron chi connectivity index (χ4n) is 6.17. The Bertz CT molecular complexity index is 588. The van der Waals surface area contributed by atoms with Gasteiger partial charge in [0.2, 0.25) is 0 Å². The lowest BCUT2D eigenvalue weighted by atomic mass is 9.95. The molecule has 2 atom stereocenters. The van der Waals surface area contributed by atoms with Gasteiger partial charge in [0.1, 0.15) is 0 Å². The van der Waals surface area contributed by atoms with Gasteiger partial charge in [0.15, 0.2) is 0 Å². The highest BCUT2D eigenvalue weighted by Crippen LogP contribution is 2.19. The van der Waals surface area contributed by atoms with Crippen molar-refractivity contribution in [2.45, 2.75) is 266 Å². The maximum Gasteiger partial charge on any atom is -0.00116 e. The Morgan fingerprint density at radius 2 is 0.812 bits per heavy atom. The average Bonchev–Trinajstić information content (AvgIpc) is 3.05. The van der Waals surface area contributed by atoms with E-state index >= 15 is 0 Å². The van der Waals surface area contributed by atoms with Crippen molar-refractivity contribution < 1.29 is 0 Å². The molecule has 0 spiro atoms. The molecule has 0 aromatic carbocycles. The van der Waals surface area contributed by atoms with Gasteiger partial charge in [0.05, 0.1) is 0 Å². The molecule has 48 heavy (non-hydrogen) atoms. The predicted octanol–water partition coefficient (Wildman–Crippen LogP) is 18.2.